The Morgan fingerprint density at radius 3 is 2.77 bits per heavy atom. The van der Waals surface area contributed by atoms with Crippen LogP contribution < -0.4 is 4.80 Å². The van der Waals surface area contributed by atoms with Crippen LogP contribution in [0.4, 0.5) is 5.69 Å². The summed E-state index contributed by atoms with van der Waals surface area (Å²) < 4.78 is 6.43. The number of fused-ring (bicyclic) bond motifs is 1. The Labute approximate surface area is 183 Å². The summed E-state index contributed by atoms with van der Waals surface area (Å²) in [4.78, 5) is 30.1. The molecular weight excluding hydrogens is 412 g/mol. The van der Waals surface area contributed by atoms with Gasteiger partial charge in [-0.05, 0) is 48.4 Å². The highest BCUT2D eigenvalue weighted by molar-refractivity contribution is 7.10. The summed E-state index contributed by atoms with van der Waals surface area (Å²) in [6.45, 7) is 2.39. The number of ketones is 1. The van der Waals surface area contributed by atoms with Gasteiger partial charge in [0.15, 0.2) is 10.6 Å². The highest BCUT2D eigenvalue weighted by Gasteiger charge is 2.19. The smallest absolute Gasteiger partial charge is 0.337 e. The first-order chi connectivity index (χ1) is 15.0. The van der Waals surface area contributed by atoms with E-state index in [0.717, 1.165) is 11.1 Å². The van der Waals surface area contributed by atoms with E-state index in [2.05, 4.69) is 4.99 Å². The molecule has 0 unspecified atom stereocenters. The third-order valence-electron chi connectivity index (χ3n) is 4.92. The van der Waals surface area contributed by atoms with Crippen LogP contribution in [0.2, 0.25) is 0 Å². The number of rotatable bonds is 4. The molecule has 31 heavy (non-hydrogen) atoms. The second kappa shape index (κ2) is 8.57. The normalized spacial score (nSPS) is 14.7. The molecule has 1 aromatic heterocycles. The number of hydrogen-bond acceptors (Lipinski definition) is 6. The van der Waals surface area contributed by atoms with Crippen molar-refractivity contribution in [2.24, 2.45) is 4.99 Å². The summed E-state index contributed by atoms with van der Waals surface area (Å²) in [5.41, 5.74) is 3.27. The summed E-state index contributed by atoms with van der Waals surface area (Å²) in [5, 5.41) is 10.8. The molecule has 156 valence electrons. The van der Waals surface area contributed by atoms with Crippen molar-refractivity contribution in [3.05, 3.63) is 81.0 Å². The van der Waals surface area contributed by atoms with Crippen LogP contribution in [0.3, 0.4) is 0 Å². The average molecular weight is 433 g/mol. The van der Waals surface area contributed by atoms with E-state index in [4.69, 9.17) is 4.74 Å². The van der Waals surface area contributed by atoms with Crippen LogP contribution in [0.1, 0.15) is 33.3 Å². The minimum atomic E-state index is -0.442. The summed E-state index contributed by atoms with van der Waals surface area (Å²) in [6, 6.07) is 14.4. The predicted molar refractivity (Wildman–Crippen MR) is 121 cm³/mol. The van der Waals surface area contributed by atoms with Crippen molar-refractivity contribution in [3.63, 3.8) is 0 Å². The molecule has 0 amide bonds. The number of aromatic hydroxyl groups is 1. The Morgan fingerprint density at radius 2 is 2.00 bits per heavy atom. The van der Waals surface area contributed by atoms with Crippen LogP contribution in [0.25, 0.3) is 17.7 Å². The molecule has 0 fully saturated rings. The number of allylic oxidation sites excluding steroid dienone is 2. The monoisotopic (exact) mass is 432 g/mol. The maximum Gasteiger partial charge on any atom is 0.337 e. The van der Waals surface area contributed by atoms with E-state index in [9.17, 15) is 14.7 Å². The standard InChI is InChI=1S/C24H20N2O4S/c1-3-26-22(28)21(14-19-18-10-5-4-7-15(18)11-12-20(19)27)31-24(26)25-17-9-6-8-16(13-17)23(29)30-2/h4-14,28H,3H2,1-2H3. The van der Waals surface area contributed by atoms with Crippen molar-refractivity contribution in [3.8, 4) is 5.88 Å². The summed E-state index contributed by atoms with van der Waals surface area (Å²) in [7, 11) is 1.33. The lowest BCUT2D eigenvalue weighted by Gasteiger charge is -2.12. The fourth-order valence-electron chi connectivity index (χ4n) is 3.37. The van der Waals surface area contributed by atoms with Gasteiger partial charge in [0.05, 0.1) is 23.2 Å². The molecule has 0 spiro atoms. The van der Waals surface area contributed by atoms with Crippen molar-refractivity contribution >= 4 is 46.5 Å². The Balaban J connectivity index is 1.82. The number of carbonyl (C=O) groups is 2. The van der Waals surface area contributed by atoms with Crippen LogP contribution >= 0.6 is 11.3 Å². The van der Waals surface area contributed by atoms with Gasteiger partial charge in [-0.15, -0.1) is 0 Å². The minimum Gasteiger partial charge on any atom is -0.493 e. The van der Waals surface area contributed by atoms with Crippen molar-refractivity contribution in [1.82, 2.24) is 4.57 Å². The van der Waals surface area contributed by atoms with Crippen LogP contribution in [0, 0.1) is 0 Å². The lowest BCUT2D eigenvalue weighted by Crippen LogP contribution is -2.12. The summed E-state index contributed by atoms with van der Waals surface area (Å²) >= 11 is 1.27. The van der Waals surface area contributed by atoms with Gasteiger partial charge < -0.3 is 9.84 Å². The number of ether oxygens (including phenoxy) is 1. The maximum atomic E-state index is 12.5. The predicted octanol–water partition coefficient (Wildman–Crippen LogP) is 4.43. The molecule has 0 atom stereocenters. The summed E-state index contributed by atoms with van der Waals surface area (Å²) in [5.74, 6) is -0.510. The minimum absolute atomic E-state index is 0.0442. The number of esters is 1. The van der Waals surface area contributed by atoms with Crippen molar-refractivity contribution < 1.29 is 19.4 Å². The molecule has 0 bridgehead atoms. The molecule has 1 aliphatic rings. The number of aromatic nitrogens is 1. The van der Waals surface area contributed by atoms with Gasteiger partial charge in [0.2, 0.25) is 5.88 Å². The third-order valence-corrected chi connectivity index (χ3v) is 5.94. The van der Waals surface area contributed by atoms with Gasteiger partial charge in [0, 0.05) is 12.1 Å². The number of methoxy groups -OCH3 is 1. The molecule has 0 radical (unpaired) electrons. The first kappa shape index (κ1) is 20.6. The molecule has 1 N–H and O–H groups in total. The Bertz CT molecular complexity index is 1310. The Hall–Kier alpha value is -3.71. The lowest BCUT2D eigenvalue weighted by molar-refractivity contribution is -0.109. The van der Waals surface area contributed by atoms with E-state index >= 15 is 0 Å². The van der Waals surface area contributed by atoms with E-state index in [1.807, 2.05) is 31.2 Å². The highest BCUT2D eigenvalue weighted by atomic mass is 32.1. The van der Waals surface area contributed by atoms with Gasteiger partial charge in [-0.2, -0.15) is 0 Å². The van der Waals surface area contributed by atoms with Gasteiger partial charge in [0.25, 0.3) is 0 Å². The molecule has 7 heteroatoms. The van der Waals surface area contributed by atoms with Gasteiger partial charge in [-0.25, -0.2) is 9.79 Å². The van der Waals surface area contributed by atoms with Gasteiger partial charge in [-0.1, -0.05) is 47.7 Å². The zero-order chi connectivity index (χ0) is 22.0. The quantitative estimate of drug-likeness (QED) is 0.489. The Morgan fingerprint density at radius 1 is 1.19 bits per heavy atom. The SMILES string of the molecule is CCn1c(O)c(C=C2C(=O)C=Cc3ccccc32)sc1=Nc1cccc(C(=O)OC)c1. The molecule has 2 aromatic carbocycles. The number of nitrogens with zero attached hydrogens (tertiary/aromatic N) is 2. The van der Waals surface area contributed by atoms with E-state index < -0.39 is 5.97 Å². The number of benzene rings is 2. The fourth-order valence-corrected chi connectivity index (χ4v) is 4.42. The molecular formula is C24H20N2O4S. The molecule has 0 saturated heterocycles. The van der Waals surface area contributed by atoms with Gasteiger partial charge in [-0.3, -0.25) is 9.36 Å². The number of carbonyl (C=O) groups excluding carboxylic acids is 2. The first-order valence-corrected chi connectivity index (χ1v) is 10.5. The van der Waals surface area contributed by atoms with Crippen molar-refractivity contribution in [2.45, 2.75) is 13.5 Å². The largest absolute Gasteiger partial charge is 0.493 e. The second-order valence-electron chi connectivity index (χ2n) is 6.81. The first-order valence-electron chi connectivity index (χ1n) is 9.71. The van der Waals surface area contributed by atoms with Crippen molar-refractivity contribution in [1.29, 1.82) is 0 Å². The van der Waals surface area contributed by atoms with Crippen LogP contribution in [-0.4, -0.2) is 28.5 Å². The van der Waals surface area contributed by atoms with Crippen LogP contribution in [0.15, 0.2) is 59.6 Å². The second-order valence-corrected chi connectivity index (χ2v) is 7.82. The molecule has 0 saturated carbocycles. The fraction of sp³-hybridized carbons (Fsp3) is 0.125. The zero-order valence-corrected chi connectivity index (χ0v) is 17.8. The molecule has 1 heterocycles. The lowest BCUT2D eigenvalue weighted by atomic mass is 9.91. The van der Waals surface area contributed by atoms with E-state index in [-0.39, 0.29) is 11.7 Å². The highest BCUT2D eigenvalue weighted by Crippen LogP contribution is 2.32. The van der Waals surface area contributed by atoms with Crippen LogP contribution in [0.5, 0.6) is 5.88 Å². The number of thiazole rings is 1. The molecule has 6 nitrogen and oxygen atoms in total. The van der Waals surface area contributed by atoms with Gasteiger partial charge in [0.1, 0.15) is 0 Å². The average Bonchev–Trinajstić information content (AvgIpc) is 3.09. The maximum absolute atomic E-state index is 12.5. The van der Waals surface area contributed by atoms with E-state index in [0.29, 0.717) is 33.0 Å². The molecule has 1 aliphatic carbocycles. The topological polar surface area (TPSA) is 80.9 Å². The number of hydrogen-bond donors (Lipinski definition) is 1. The Kier molecular flexibility index (Phi) is 5.68. The molecule has 3 aromatic rings. The zero-order valence-electron chi connectivity index (χ0n) is 17.0. The molecule has 0 aliphatic heterocycles. The van der Waals surface area contributed by atoms with Crippen LogP contribution in [-0.2, 0) is 16.1 Å². The summed E-state index contributed by atoms with van der Waals surface area (Å²) in [6.07, 6.45) is 5.04. The van der Waals surface area contributed by atoms with E-state index in [1.54, 1.807) is 41.0 Å². The molecule has 4 rings (SSSR count). The third kappa shape index (κ3) is 4.00. The van der Waals surface area contributed by atoms with Crippen molar-refractivity contribution in [2.75, 3.05) is 7.11 Å². The van der Waals surface area contributed by atoms with E-state index in [1.165, 1.54) is 24.5 Å². The van der Waals surface area contributed by atoms with Gasteiger partial charge >= 0.3 is 5.97 Å².